The van der Waals surface area contributed by atoms with Gasteiger partial charge < -0.3 is 60.2 Å². The van der Waals surface area contributed by atoms with Gasteiger partial charge in [-0.2, -0.15) is 0 Å². The highest BCUT2D eigenvalue weighted by Gasteiger charge is 2.43. The molecule has 2 aromatic carbocycles. The maximum atomic E-state index is 14.5. The van der Waals surface area contributed by atoms with E-state index >= 15 is 0 Å². The number of thiazole rings is 1. The Hall–Kier alpha value is -6.42. The van der Waals surface area contributed by atoms with Crippen molar-refractivity contribution >= 4 is 58.6 Å². The van der Waals surface area contributed by atoms with E-state index in [1.807, 2.05) is 103 Å². The quantitative estimate of drug-likeness (QED) is 0.0398. The summed E-state index contributed by atoms with van der Waals surface area (Å²) in [5.74, 6) is -2.88. The molecular formula is C62H95N9O11S. The van der Waals surface area contributed by atoms with Gasteiger partial charge in [-0.1, -0.05) is 118 Å². The third-order valence-electron chi connectivity index (χ3n) is 15.5. The van der Waals surface area contributed by atoms with Crippen LogP contribution in [0.2, 0.25) is 0 Å². The molecule has 0 saturated carbocycles. The monoisotopic (exact) mass is 1170 g/mol. The smallest absolute Gasteiger partial charge is 0.410 e. The van der Waals surface area contributed by atoms with E-state index in [9.17, 15) is 33.6 Å². The van der Waals surface area contributed by atoms with Crippen LogP contribution in [0.1, 0.15) is 124 Å². The maximum Gasteiger partial charge on any atom is 0.410 e. The molecule has 20 nitrogen and oxygen atoms in total. The van der Waals surface area contributed by atoms with Crippen LogP contribution >= 0.6 is 11.3 Å². The average Bonchev–Trinajstić information content (AvgIpc) is 4.32. The summed E-state index contributed by atoms with van der Waals surface area (Å²) in [6, 6.07) is 13.3. The van der Waals surface area contributed by atoms with Gasteiger partial charge in [-0.05, 0) is 72.6 Å². The first-order valence-corrected chi connectivity index (χ1v) is 29.8. The van der Waals surface area contributed by atoms with Gasteiger partial charge in [0.1, 0.15) is 23.7 Å². The summed E-state index contributed by atoms with van der Waals surface area (Å²) in [6.07, 6.45) is 2.69. The number of carbonyl (C=O) groups is 7. The SMILES string of the molecule is C=C(N[C@@H](C)C(=O)N(C)[C@@H]([C@@H](C)CC)[C@@H](CC(=O)N1CCC[C@H]1[C@H](OC)[C@@H](C)C(=O)N[C@@H](Cc1ccccc1)c1nccs1)OC)C(C(C)C)N(C)C(=O)OCc1ccc(NC(=O)CNC(=O)C(NC(=O)CC(C)(C)COC)C(C)C)cc1. The maximum absolute atomic E-state index is 14.5. The van der Waals surface area contributed by atoms with E-state index in [1.165, 1.54) is 16.2 Å². The van der Waals surface area contributed by atoms with Crippen LogP contribution in [0.3, 0.4) is 0 Å². The number of likely N-dealkylation sites (tertiary alicyclic amines) is 1. The number of aromatic nitrogens is 1. The summed E-state index contributed by atoms with van der Waals surface area (Å²) in [5.41, 5.74) is 2.20. The van der Waals surface area contributed by atoms with Gasteiger partial charge in [0.25, 0.3) is 0 Å². The highest BCUT2D eigenvalue weighted by molar-refractivity contribution is 7.09. The van der Waals surface area contributed by atoms with Crippen molar-refractivity contribution in [2.45, 2.75) is 163 Å². The molecular weight excluding hydrogens is 1080 g/mol. The summed E-state index contributed by atoms with van der Waals surface area (Å²) in [5, 5.41) is 17.3. The lowest BCUT2D eigenvalue weighted by atomic mass is 9.89. The topological polar surface area (TPSA) is 239 Å². The van der Waals surface area contributed by atoms with Crippen molar-refractivity contribution < 1.29 is 52.5 Å². The molecule has 0 aliphatic carbocycles. The zero-order valence-corrected chi connectivity index (χ0v) is 52.6. The van der Waals surface area contributed by atoms with Crippen molar-refractivity contribution in [3.63, 3.8) is 0 Å². The standard InChI is InChI=1S/C62H95N9O11S/c1-17-40(6)55(49(80-15)33-52(74)71-30-21-24-48(71)56(81-16)41(7)57(75)67-47(59-63-29-31-83-59)32-44-22-19-18-20-23-44)69(12)60(77)43(9)65-42(8)54(39(4)5)70(13)61(78)82-36-45-25-27-46(28-26-45)66-51(73)35-64-58(76)53(38(2)3)68-50(72)34-62(10,11)37-79-14/h18-20,22-23,25-29,31,38-41,43,47-49,53-56,65H,8,17,21,24,30,32-37H2,1-7,9-16H3,(H,64,76)(H,66,73)(H,67,75)(H,68,72)/t40-,41+,43-,47-,48-,49+,53?,54?,55-,56+/m0/s1. The van der Waals surface area contributed by atoms with E-state index in [2.05, 4.69) is 38.1 Å². The molecule has 1 aromatic heterocycles. The molecule has 3 aromatic rings. The lowest BCUT2D eigenvalue weighted by Gasteiger charge is -2.40. The van der Waals surface area contributed by atoms with Gasteiger partial charge in [-0.3, -0.25) is 28.8 Å². The molecule has 7 amide bonds. The van der Waals surface area contributed by atoms with Crippen molar-refractivity contribution in [1.82, 2.24) is 41.0 Å². The summed E-state index contributed by atoms with van der Waals surface area (Å²) in [7, 11) is 8.03. The zero-order valence-electron chi connectivity index (χ0n) is 51.7. The molecule has 0 bridgehead atoms. The molecule has 460 valence electrons. The van der Waals surface area contributed by atoms with E-state index in [0.717, 1.165) is 17.0 Å². The molecule has 1 aliphatic rings. The van der Waals surface area contributed by atoms with Crippen LogP contribution in [0.5, 0.6) is 0 Å². The van der Waals surface area contributed by atoms with Gasteiger partial charge in [-0.25, -0.2) is 9.78 Å². The fourth-order valence-corrected chi connectivity index (χ4v) is 11.7. The number of ether oxygens (including phenoxy) is 4. The summed E-state index contributed by atoms with van der Waals surface area (Å²) in [6.45, 7) is 23.7. The number of rotatable bonds is 33. The minimum Gasteiger partial charge on any atom is -0.445 e. The van der Waals surface area contributed by atoms with Crippen LogP contribution in [0.4, 0.5) is 10.5 Å². The van der Waals surface area contributed by atoms with Gasteiger partial charge in [-0.15, -0.1) is 11.3 Å². The molecule has 4 rings (SSSR count). The van der Waals surface area contributed by atoms with Gasteiger partial charge in [0.15, 0.2) is 0 Å². The minimum atomic E-state index is -0.833. The fraction of sp³-hybridized carbons (Fsp3) is 0.613. The number of likely N-dealkylation sites (N-methyl/N-ethyl adjacent to an activating group) is 2. The predicted octanol–water partition coefficient (Wildman–Crippen LogP) is 7.51. The average molecular weight is 1170 g/mol. The Kier molecular flexibility index (Phi) is 27.6. The molecule has 83 heavy (non-hydrogen) atoms. The highest BCUT2D eigenvalue weighted by atomic mass is 32.1. The lowest BCUT2D eigenvalue weighted by Crippen LogP contribution is -2.56. The number of anilines is 1. The van der Waals surface area contributed by atoms with E-state index in [-0.39, 0.29) is 79.5 Å². The van der Waals surface area contributed by atoms with E-state index < -0.39 is 65.6 Å². The molecule has 2 heterocycles. The van der Waals surface area contributed by atoms with Crippen LogP contribution in [-0.2, 0) is 60.7 Å². The van der Waals surface area contributed by atoms with E-state index in [1.54, 1.807) is 77.7 Å². The van der Waals surface area contributed by atoms with Crippen molar-refractivity contribution in [2.75, 3.05) is 60.4 Å². The van der Waals surface area contributed by atoms with E-state index in [0.29, 0.717) is 49.4 Å². The third-order valence-corrected chi connectivity index (χ3v) is 16.4. The first kappa shape index (κ1) is 69.1. The second-order valence-electron chi connectivity index (χ2n) is 23.5. The number of amides is 7. The van der Waals surface area contributed by atoms with Crippen molar-refractivity contribution in [1.29, 1.82) is 0 Å². The largest absolute Gasteiger partial charge is 0.445 e. The zero-order chi connectivity index (χ0) is 61.7. The number of nitrogens with one attached hydrogen (secondary N) is 5. The van der Waals surface area contributed by atoms with Gasteiger partial charge in [0, 0.05) is 71.4 Å². The van der Waals surface area contributed by atoms with Crippen LogP contribution in [0.15, 0.2) is 78.5 Å². The van der Waals surface area contributed by atoms with Crippen LogP contribution in [-0.4, -0.2) is 159 Å². The second-order valence-corrected chi connectivity index (χ2v) is 24.4. The van der Waals surface area contributed by atoms with Crippen molar-refractivity contribution in [2.24, 2.45) is 29.1 Å². The molecule has 0 radical (unpaired) electrons. The number of methoxy groups -OCH3 is 3. The van der Waals surface area contributed by atoms with Crippen molar-refractivity contribution in [3.8, 4) is 0 Å². The molecule has 5 N–H and O–H groups in total. The Morgan fingerprint density at radius 3 is 2.08 bits per heavy atom. The molecule has 1 fully saturated rings. The van der Waals surface area contributed by atoms with Crippen LogP contribution in [0.25, 0.3) is 0 Å². The molecule has 0 spiro atoms. The fourth-order valence-electron chi connectivity index (χ4n) is 11.0. The summed E-state index contributed by atoms with van der Waals surface area (Å²) >= 11 is 1.49. The normalized spacial score (nSPS) is 16.7. The van der Waals surface area contributed by atoms with E-state index in [4.69, 9.17) is 18.9 Å². The summed E-state index contributed by atoms with van der Waals surface area (Å²) in [4.78, 5) is 105. The van der Waals surface area contributed by atoms with Gasteiger partial charge in [0.2, 0.25) is 35.4 Å². The first-order chi connectivity index (χ1) is 39.3. The predicted molar refractivity (Wildman–Crippen MR) is 323 cm³/mol. The molecule has 1 saturated heterocycles. The van der Waals surface area contributed by atoms with Crippen LogP contribution < -0.4 is 26.6 Å². The Balaban J connectivity index is 1.33. The number of nitrogens with zero attached hydrogens (tertiary/aromatic N) is 4. The number of hydrogen-bond donors (Lipinski definition) is 5. The lowest BCUT2D eigenvalue weighted by molar-refractivity contribution is -0.146. The van der Waals surface area contributed by atoms with Gasteiger partial charge >= 0.3 is 6.09 Å². The number of carbonyl (C=O) groups excluding carboxylic acids is 7. The number of benzene rings is 2. The van der Waals surface area contributed by atoms with Gasteiger partial charge in [0.05, 0.1) is 61.9 Å². The molecule has 10 atom stereocenters. The Morgan fingerprint density at radius 1 is 0.831 bits per heavy atom. The number of hydrogen-bond acceptors (Lipinski definition) is 14. The van der Waals surface area contributed by atoms with Crippen LogP contribution in [0, 0.1) is 29.1 Å². The molecule has 21 heteroatoms. The Morgan fingerprint density at radius 2 is 1.51 bits per heavy atom. The summed E-state index contributed by atoms with van der Waals surface area (Å²) < 4.78 is 23.1. The highest BCUT2D eigenvalue weighted by Crippen LogP contribution is 2.31. The van der Waals surface area contributed by atoms with Crippen molar-refractivity contribution in [3.05, 3.63) is 94.6 Å². The second kappa shape index (κ2) is 33.2. The molecule has 2 unspecified atom stereocenters. The minimum absolute atomic E-state index is 0.00282. The first-order valence-electron chi connectivity index (χ1n) is 28.9. The molecule has 1 aliphatic heterocycles. The Bertz CT molecular complexity index is 2570. The Labute approximate surface area is 496 Å². The third kappa shape index (κ3) is 20.4.